The molecular formula is C7H3F9O3Si. The van der Waals surface area contributed by atoms with Gasteiger partial charge in [0, 0.05) is 0 Å². The Morgan fingerprint density at radius 1 is 0.600 bits per heavy atom. The van der Waals surface area contributed by atoms with E-state index in [1.165, 1.54) is 0 Å². The summed E-state index contributed by atoms with van der Waals surface area (Å²) in [6.45, 7) is -0.519. The molecule has 0 amide bonds. The van der Waals surface area contributed by atoms with Gasteiger partial charge in [0.1, 0.15) is 0 Å². The Balaban J connectivity index is 6.18. The van der Waals surface area contributed by atoms with E-state index in [1.807, 2.05) is 0 Å². The molecule has 0 aromatic carbocycles. The maximum absolute atomic E-state index is 12.1. The summed E-state index contributed by atoms with van der Waals surface area (Å²) in [4.78, 5) is 32.3. The zero-order valence-corrected chi connectivity index (χ0v) is 10.1. The third kappa shape index (κ3) is 3.37. The molecule has 0 aliphatic heterocycles. The lowest BCUT2D eigenvalue weighted by Crippen LogP contribution is -2.68. The maximum Gasteiger partial charge on any atom is 0.446 e. The van der Waals surface area contributed by atoms with Crippen molar-refractivity contribution in [2.24, 2.45) is 0 Å². The predicted molar refractivity (Wildman–Crippen MR) is 44.8 cm³/mol. The van der Waals surface area contributed by atoms with Gasteiger partial charge in [-0.3, -0.25) is 14.4 Å². The van der Waals surface area contributed by atoms with Crippen LogP contribution in [-0.2, 0) is 14.4 Å². The van der Waals surface area contributed by atoms with Crippen molar-refractivity contribution in [1.82, 2.24) is 0 Å². The first-order chi connectivity index (χ1) is 8.46. The predicted octanol–water partition coefficient (Wildman–Crippen LogP) is 2.08. The van der Waals surface area contributed by atoms with E-state index in [9.17, 15) is 53.9 Å². The molecule has 0 spiro atoms. The molecule has 0 radical (unpaired) electrons. The third-order valence-electron chi connectivity index (χ3n) is 2.13. The number of carbonyl (C=O) groups is 3. The molecule has 0 saturated carbocycles. The van der Waals surface area contributed by atoms with Crippen LogP contribution in [0.3, 0.4) is 0 Å². The van der Waals surface area contributed by atoms with Crippen LogP contribution in [0.2, 0.25) is 6.55 Å². The topological polar surface area (TPSA) is 51.2 Å². The molecule has 0 aromatic heterocycles. The molecule has 0 rings (SSSR count). The van der Waals surface area contributed by atoms with E-state index < -0.39 is 49.4 Å². The smallest absolute Gasteiger partial charge is 0.294 e. The molecule has 0 saturated heterocycles. The number of hydrogen-bond acceptors (Lipinski definition) is 3. The number of alkyl halides is 9. The van der Waals surface area contributed by atoms with Gasteiger partial charge in [0.05, 0.1) is 0 Å². The van der Waals surface area contributed by atoms with E-state index in [0.29, 0.717) is 0 Å². The molecule has 0 bridgehead atoms. The Morgan fingerprint density at radius 3 is 0.850 bits per heavy atom. The second-order valence-corrected chi connectivity index (χ2v) is 7.22. The Hall–Kier alpha value is -1.40. The highest BCUT2D eigenvalue weighted by molar-refractivity contribution is 7.41. The summed E-state index contributed by atoms with van der Waals surface area (Å²) < 4.78 is 109. The Morgan fingerprint density at radius 2 is 0.750 bits per heavy atom. The Kier molecular flexibility index (Phi) is 4.51. The van der Waals surface area contributed by atoms with Gasteiger partial charge in [-0.15, -0.1) is 0 Å². The SMILES string of the molecule is C[Si](C(=O)C(F)(F)F)(C(=O)C(F)(F)F)C(=O)C(F)(F)F. The first-order valence-electron chi connectivity index (χ1n) is 4.31. The summed E-state index contributed by atoms with van der Waals surface area (Å²) in [6, 6.07) is 0. The molecule has 116 valence electrons. The van der Waals surface area contributed by atoms with Gasteiger partial charge in [-0.05, 0) is 6.55 Å². The van der Waals surface area contributed by atoms with Gasteiger partial charge < -0.3 is 0 Å². The van der Waals surface area contributed by atoms with Crippen molar-refractivity contribution in [3.8, 4) is 0 Å². The van der Waals surface area contributed by atoms with Crippen LogP contribution in [0.15, 0.2) is 0 Å². The van der Waals surface area contributed by atoms with Gasteiger partial charge in [0.2, 0.25) is 16.2 Å². The molecule has 3 nitrogen and oxygen atoms in total. The van der Waals surface area contributed by atoms with Gasteiger partial charge in [-0.1, -0.05) is 0 Å². The fraction of sp³-hybridized carbons (Fsp3) is 0.571. The number of carbonyl (C=O) groups excluding carboxylic acids is 3. The lowest BCUT2D eigenvalue weighted by Gasteiger charge is -2.25. The molecule has 0 aliphatic carbocycles. The lowest BCUT2D eigenvalue weighted by atomic mass is 10.7. The summed E-state index contributed by atoms with van der Waals surface area (Å²) in [6.07, 6.45) is -18.5. The highest BCUT2D eigenvalue weighted by Crippen LogP contribution is 2.34. The van der Waals surface area contributed by atoms with Gasteiger partial charge >= 0.3 is 26.6 Å². The largest absolute Gasteiger partial charge is 0.446 e. The minimum absolute atomic E-state index is 0.519. The molecule has 0 heterocycles. The molecule has 0 N–H and O–H groups in total. The van der Waals surface area contributed by atoms with Crippen LogP contribution in [-0.4, -0.2) is 42.8 Å². The van der Waals surface area contributed by atoms with Gasteiger partial charge in [-0.25, -0.2) is 0 Å². The summed E-state index contributed by atoms with van der Waals surface area (Å²) in [5.41, 5.74) is 0. The third-order valence-corrected chi connectivity index (χ3v) is 5.71. The number of hydrogen-bond donors (Lipinski definition) is 0. The molecule has 0 unspecified atom stereocenters. The zero-order chi connectivity index (χ0) is 16.7. The Bertz CT molecular complexity index is 379. The van der Waals surface area contributed by atoms with E-state index in [0.717, 1.165) is 0 Å². The summed E-state index contributed by atoms with van der Waals surface area (Å²) >= 11 is 0. The minimum Gasteiger partial charge on any atom is -0.294 e. The van der Waals surface area contributed by atoms with Crippen LogP contribution in [0.4, 0.5) is 39.5 Å². The molecule has 0 aromatic rings. The van der Waals surface area contributed by atoms with Crippen LogP contribution in [0.5, 0.6) is 0 Å². The van der Waals surface area contributed by atoms with Crippen LogP contribution in [0, 0.1) is 0 Å². The quantitative estimate of drug-likeness (QED) is 0.587. The zero-order valence-electron chi connectivity index (χ0n) is 9.13. The minimum atomic E-state index is -6.76. The molecular weight excluding hydrogens is 331 g/mol. The van der Waals surface area contributed by atoms with Crippen LogP contribution < -0.4 is 0 Å². The summed E-state index contributed by atoms with van der Waals surface area (Å²) in [5.74, 6) is 0. The van der Waals surface area contributed by atoms with Crippen molar-refractivity contribution >= 4 is 24.3 Å². The first-order valence-corrected chi connectivity index (χ1v) is 6.81. The van der Waals surface area contributed by atoms with E-state index >= 15 is 0 Å². The Labute approximate surface area is 104 Å². The fourth-order valence-corrected chi connectivity index (χ4v) is 3.48. The van der Waals surface area contributed by atoms with E-state index in [-0.39, 0.29) is 0 Å². The van der Waals surface area contributed by atoms with Crippen molar-refractivity contribution in [2.75, 3.05) is 0 Å². The second kappa shape index (κ2) is 4.86. The molecule has 20 heavy (non-hydrogen) atoms. The second-order valence-electron chi connectivity index (χ2n) is 3.61. The van der Waals surface area contributed by atoms with E-state index in [2.05, 4.69) is 0 Å². The lowest BCUT2D eigenvalue weighted by molar-refractivity contribution is -0.174. The van der Waals surface area contributed by atoms with E-state index in [1.54, 1.807) is 0 Å². The number of halogens is 9. The van der Waals surface area contributed by atoms with Crippen LogP contribution in [0.1, 0.15) is 0 Å². The van der Waals surface area contributed by atoms with Gasteiger partial charge in [0.15, 0.2) is 0 Å². The van der Waals surface area contributed by atoms with Crippen molar-refractivity contribution in [3.05, 3.63) is 0 Å². The standard InChI is InChI=1S/C7H3F9O3Si/c1-20(2(17)5(8,9)10,3(18)6(11,12)13)4(19)7(14,15)16/h1H3. The van der Waals surface area contributed by atoms with Gasteiger partial charge in [-0.2, -0.15) is 39.5 Å². The molecule has 0 fully saturated rings. The molecule has 13 heteroatoms. The van der Waals surface area contributed by atoms with Crippen molar-refractivity contribution in [3.63, 3.8) is 0 Å². The normalized spacial score (nSPS) is 14.1. The van der Waals surface area contributed by atoms with E-state index in [4.69, 9.17) is 0 Å². The number of rotatable bonds is 3. The van der Waals surface area contributed by atoms with Crippen LogP contribution >= 0.6 is 0 Å². The average molecular weight is 334 g/mol. The highest BCUT2D eigenvalue weighted by atomic mass is 28.3. The average Bonchev–Trinajstić information content (AvgIpc) is 2.21. The molecule has 0 atom stereocenters. The maximum atomic E-state index is 12.1. The first kappa shape index (κ1) is 18.6. The van der Waals surface area contributed by atoms with Crippen molar-refractivity contribution in [1.29, 1.82) is 0 Å². The van der Waals surface area contributed by atoms with Crippen LogP contribution in [0.25, 0.3) is 0 Å². The monoisotopic (exact) mass is 334 g/mol. The van der Waals surface area contributed by atoms with Crippen molar-refractivity contribution < 1.29 is 53.9 Å². The summed E-state index contributed by atoms with van der Waals surface area (Å²) in [7, 11) is -6.76. The highest BCUT2D eigenvalue weighted by Gasteiger charge is 2.71. The van der Waals surface area contributed by atoms with Crippen molar-refractivity contribution in [2.45, 2.75) is 25.1 Å². The summed E-state index contributed by atoms with van der Waals surface area (Å²) in [5, 5.41) is -10.8. The fourth-order valence-electron chi connectivity index (χ4n) is 1.16. The molecule has 0 aliphatic rings. The van der Waals surface area contributed by atoms with Gasteiger partial charge in [0.25, 0.3) is 0 Å².